The minimum absolute atomic E-state index is 0.0781. The molecule has 9 heteroatoms. The lowest BCUT2D eigenvalue weighted by molar-refractivity contribution is 0.296. The van der Waals surface area contributed by atoms with Gasteiger partial charge in [0.05, 0.1) is 11.5 Å². The molecule has 3 rings (SSSR count). The second kappa shape index (κ2) is 9.61. The predicted molar refractivity (Wildman–Crippen MR) is 103 cm³/mol. The Morgan fingerprint density at radius 3 is 2.67 bits per heavy atom. The van der Waals surface area contributed by atoms with E-state index in [1.165, 1.54) is 0 Å². The van der Waals surface area contributed by atoms with E-state index in [9.17, 15) is 8.42 Å². The van der Waals surface area contributed by atoms with Crippen LogP contribution in [0, 0.1) is 5.92 Å². The first-order valence-electron chi connectivity index (χ1n) is 9.14. The molecule has 0 aliphatic carbocycles. The van der Waals surface area contributed by atoms with E-state index in [0.29, 0.717) is 17.5 Å². The topological polar surface area (TPSA) is 110 Å². The number of aromatic nitrogens is 4. The summed E-state index contributed by atoms with van der Waals surface area (Å²) in [5.74, 6) is 2.12. The fraction of sp³-hybridized carbons (Fsp3) is 0.500. The summed E-state index contributed by atoms with van der Waals surface area (Å²) in [6, 6.07) is 7.42. The van der Waals surface area contributed by atoms with Crippen molar-refractivity contribution in [1.29, 1.82) is 0 Å². The maximum Gasteiger partial charge on any atom is 0.186 e. The lowest BCUT2D eigenvalue weighted by atomic mass is 9.96. The molecule has 0 amide bonds. The third-order valence-corrected chi connectivity index (χ3v) is 6.16. The summed E-state index contributed by atoms with van der Waals surface area (Å²) in [4.78, 5) is 0. The van der Waals surface area contributed by atoms with Crippen molar-refractivity contribution in [1.82, 2.24) is 25.9 Å². The Labute approximate surface area is 159 Å². The monoisotopic (exact) mass is 391 g/mol. The van der Waals surface area contributed by atoms with E-state index in [1.807, 2.05) is 30.3 Å². The van der Waals surface area contributed by atoms with Gasteiger partial charge in [-0.25, -0.2) is 13.5 Å². The van der Waals surface area contributed by atoms with Gasteiger partial charge in [0.2, 0.25) is 0 Å². The quantitative estimate of drug-likeness (QED) is 0.668. The van der Waals surface area contributed by atoms with Crippen molar-refractivity contribution >= 4 is 15.9 Å². The third kappa shape index (κ3) is 6.76. The van der Waals surface area contributed by atoms with Crippen molar-refractivity contribution in [2.24, 2.45) is 5.92 Å². The molecule has 8 nitrogen and oxygen atoms in total. The van der Waals surface area contributed by atoms with Crippen LogP contribution in [-0.2, 0) is 16.4 Å². The van der Waals surface area contributed by atoms with Gasteiger partial charge in [0.15, 0.2) is 15.7 Å². The van der Waals surface area contributed by atoms with Crippen molar-refractivity contribution < 1.29 is 13.2 Å². The number of hydrogen-bond acceptors (Lipinski definition) is 7. The van der Waals surface area contributed by atoms with Crippen LogP contribution < -0.4 is 10.1 Å². The number of sulfone groups is 1. The Bertz CT molecular complexity index is 813. The van der Waals surface area contributed by atoms with Crippen LogP contribution in [0.2, 0.25) is 0 Å². The van der Waals surface area contributed by atoms with Crippen LogP contribution in [0.1, 0.15) is 30.7 Å². The molecule has 1 saturated heterocycles. The lowest BCUT2D eigenvalue weighted by Crippen LogP contribution is -2.28. The SMILES string of the molecule is O=S(=O)(CC=Cc1ccc(OCc2nnn[nH]2)cc1)CCC1CCNCC1. The number of piperidine rings is 1. The zero-order valence-electron chi connectivity index (χ0n) is 15.2. The van der Waals surface area contributed by atoms with E-state index in [1.54, 1.807) is 6.08 Å². The van der Waals surface area contributed by atoms with Gasteiger partial charge in [-0.3, -0.25) is 0 Å². The van der Waals surface area contributed by atoms with Crippen LogP contribution >= 0.6 is 0 Å². The number of aromatic amines is 1. The molecule has 0 radical (unpaired) electrons. The van der Waals surface area contributed by atoms with Crippen LogP contribution in [-0.4, -0.2) is 53.6 Å². The maximum atomic E-state index is 12.2. The van der Waals surface area contributed by atoms with Crippen LogP contribution in [0.3, 0.4) is 0 Å². The Morgan fingerprint density at radius 1 is 1.19 bits per heavy atom. The standard InChI is InChI=1S/C18H25N5O3S/c24-27(25,13-9-16-7-10-19-11-8-16)12-1-2-15-3-5-17(6-4-15)26-14-18-20-22-23-21-18/h1-6,16,19H,7-14H2,(H,20,21,22,23). The molecule has 1 aromatic carbocycles. The second-order valence-electron chi connectivity index (χ2n) is 6.70. The average Bonchev–Trinajstić information content (AvgIpc) is 3.20. The third-order valence-electron chi connectivity index (χ3n) is 4.60. The highest BCUT2D eigenvalue weighted by Crippen LogP contribution is 2.17. The summed E-state index contributed by atoms with van der Waals surface area (Å²) < 4.78 is 30.0. The molecule has 0 spiro atoms. The first-order valence-corrected chi connectivity index (χ1v) is 11.0. The molecule has 0 atom stereocenters. The number of H-pyrrole nitrogens is 1. The van der Waals surface area contributed by atoms with Crippen LogP contribution in [0.5, 0.6) is 5.75 Å². The summed E-state index contributed by atoms with van der Waals surface area (Å²) in [7, 11) is -3.05. The van der Waals surface area contributed by atoms with Gasteiger partial charge in [0.25, 0.3) is 0 Å². The van der Waals surface area contributed by atoms with E-state index in [2.05, 4.69) is 25.9 Å². The molecule has 1 aliphatic heterocycles. The van der Waals surface area contributed by atoms with E-state index in [4.69, 9.17) is 4.74 Å². The zero-order valence-corrected chi connectivity index (χ0v) is 16.0. The molecule has 2 aromatic rings. The first-order chi connectivity index (χ1) is 13.1. The highest BCUT2D eigenvalue weighted by Gasteiger charge is 2.16. The molecule has 2 heterocycles. The van der Waals surface area contributed by atoms with Crippen LogP contribution in [0.15, 0.2) is 30.3 Å². The van der Waals surface area contributed by atoms with Gasteiger partial charge >= 0.3 is 0 Å². The fourth-order valence-corrected chi connectivity index (χ4v) is 4.25. The Balaban J connectivity index is 1.42. The van der Waals surface area contributed by atoms with E-state index < -0.39 is 9.84 Å². The second-order valence-corrected chi connectivity index (χ2v) is 8.93. The van der Waals surface area contributed by atoms with Gasteiger partial charge in [-0.1, -0.05) is 24.3 Å². The summed E-state index contributed by atoms with van der Waals surface area (Å²) >= 11 is 0. The van der Waals surface area contributed by atoms with Crippen LogP contribution in [0.25, 0.3) is 6.08 Å². The number of nitrogens with one attached hydrogen (secondary N) is 2. The normalized spacial score (nSPS) is 16.0. The van der Waals surface area contributed by atoms with Gasteiger partial charge in [-0.2, -0.15) is 0 Å². The van der Waals surface area contributed by atoms with Gasteiger partial charge in [0, 0.05) is 0 Å². The molecule has 1 aromatic heterocycles. The van der Waals surface area contributed by atoms with Crippen molar-refractivity contribution in [2.75, 3.05) is 24.6 Å². The molecule has 0 bridgehead atoms. The number of rotatable bonds is 9. The van der Waals surface area contributed by atoms with Crippen molar-refractivity contribution in [3.8, 4) is 5.75 Å². The maximum absolute atomic E-state index is 12.2. The average molecular weight is 391 g/mol. The Morgan fingerprint density at radius 2 is 1.96 bits per heavy atom. The van der Waals surface area contributed by atoms with Gasteiger partial charge in [-0.05, 0) is 66.4 Å². The van der Waals surface area contributed by atoms with Gasteiger partial charge < -0.3 is 10.1 Å². The zero-order chi connectivity index (χ0) is 19.0. The summed E-state index contributed by atoms with van der Waals surface area (Å²) in [6.45, 7) is 2.26. The summed E-state index contributed by atoms with van der Waals surface area (Å²) in [5, 5.41) is 16.6. The summed E-state index contributed by atoms with van der Waals surface area (Å²) in [6.07, 6.45) is 6.46. The van der Waals surface area contributed by atoms with Crippen molar-refractivity contribution in [3.05, 3.63) is 41.7 Å². The predicted octanol–water partition coefficient (Wildman–Crippen LogP) is 1.60. The highest BCUT2D eigenvalue weighted by molar-refractivity contribution is 7.91. The molecule has 1 fully saturated rings. The Kier molecular flexibility index (Phi) is 6.94. The number of ether oxygens (including phenoxy) is 1. The lowest BCUT2D eigenvalue weighted by Gasteiger charge is -2.22. The van der Waals surface area contributed by atoms with E-state index >= 15 is 0 Å². The highest BCUT2D eigenvalue weighted by atomic mass is 32.2. The van der Waals surface area contributed by atoms with Crippen LogP contribution in [0.4, 0.5) is 0 Å². The number of nitrogens with zero attached hydrogens (tertiary/aromatic N) is 3. The minimum Gasteiger partial charge on any atom is -0.486 e. The van der Waals surface area contributed by atoms with Crippen molar-refractivity contribution in [2.45, 2.75) is 25.9 Å². The van der Waals surface area contributed by atoms with Crippen molar-refractivity contribution in [3.63, 3.8) is 0 Å². The molecule has 1 aliphatic rings. The molecule has 146 valence electrons. The molecular weight excluding hydrogens is 366 g/mol. The molecule has 27 heavy (non-hydrogen) atoms. The smallest absolute Gasteiger partial charge is 0.186 e. The first kappa shape index (κ1) is 19.5. The largest absolute Gasteiger partial charge is 0.486 e. The number of tetrazole rings is 1. The Hall–Kier alpha value is -2.26. The fourth-order valence-electron chi connectivity index (χ4n) is 3.00. The summed E-state index contributed by atoms with van der Waals surface area (Å²) in [5.41, 5.74) is 0.928. The van der Waals surface area contributed by atoms with E-state index in [-0.39, 0.29) is 18.1 Å². The molecular formula is C18H25N5O3S. The van der Waals surface area contributed by atoms with Gasteiger partial charge in [-0.15, -0.1) is 5.10 Å². The minimum atomic E-state index is -3.05. The van der Waals surface area contributed by atoms with Gasteiger partial charge in [0.1, 0.15) is 12.4 Å². The molecule has 0 unspecified atom stereocenters. The molecule has 2 N–H and O–H groups in total. The number of hydrogen-bond donors (Lipinski definition) is 2. The number of benzene rings is 1. The van der Waals surface area contributed by atoms with E-state index in [0.717, 1.165) is 37.9 Å². The molecule has 0 saturated carbocycles.